The van der Waals surface area contributed by atoms with Gasteiger partial charge < -0.3 is 10.6 Å². The molecule has 0 aliphatic heterocycles. The van der Waals surface area contributed by atoms with Crippen molar-refractivity contribution >= 4 is 17.5 Å². The monoisotopic (exact) mass is 391 g/mol. The largest absolute Gasteiger partial charge is 0.352 e. The van der Waals surface area contributed by atoms with Crippen LogP contribution in [0.2, 0.25) is 0 Å². The lowest BCUT2D eigenvalue weighted by atomic mass is 10.1. The summed E-state index contributed by atoms with van der Waals surface area (Å²) in [6, 6.07) is 15.2. The van der Waals surface area contributed by atoms with Crippen LogP contribution in [0.5, 0.6) is 0 Å². The summed E-state index contributed by atoms with van der Waals surface area (Å²) < 4.78 is 13.6. The summed E-state index contributed by atoms with van der Waals surface area (Å²) in [7, 11) is 0. The van der Waals surface area contributed by atoms with Crippen molar-refractivity contribution in [2.75, 3.05) is 11.9 Å². The highest BCUT2D eigenvalue weighted by Crippen LogP contribution is 2.15. The molecule has 3 rings (SSSR count). The third-order valence-electron chi connectivity index (χ3n) is 4.37. The summed E-state index contributed by atoms with van der Waals surface area (Å²) >= 11 is 0. The molecule has 0 atom stereocenters. The molecule has 2 aromatic carbocycles. The molecule has 0 aliphatic rings. The van der Waals surface area contributed by atoms with Crippen molar-refractivity contribution in [3.8, 4) is 0 Å². The molecule has 2 amide bonds. The zero-order valence-electron chi connectivity index (χ0n) is 16.3. The molecular weight excluding hydrogens is 369 g/mol. The fourth-order valence-corrected chi connectivity index (χ4v) is 3.05. The highest BCUT2D eigenvalue weighted by Gasteiger charge is 2.13. The van der Waals surface area contributed by atoms with Crippen LogP contribution in [0.1, 0.15) is 37.5 Å². The molecule has 0 bridgehead atoms. The van der Waals surface area contributed by atoms with Crippen LogP contribution < -0.4 is 10.6 Å². The van der Waals surface area contributed by atoms with E-state index in [1.54, 1.807) is 18.2 Å². The Morgan fingerprint density at radius 1 is 0.966 bits per heavy atom. The SMILES string of the molecule is Cc1cc(C)cc(NC(=O)c2cc(C(=O)NCCc3ccccc3F)ccn2)c1. The first-order chi connectivity index (χ1) is 13.9. The number of carbonyl (C=O) groups excluding carboxylic acids is 2. The van der Waals surface area contributed by atoms with Gasteiger partial charge in [-0.05, 0) is 67.3 Å². The second kappa shape index (κ2) is 9.10. The molecule has 0 spiro atoms. The molecule has 1 aromatic heterocycles. The Morgan fingerprint density at radius 2 is 1.69 bits per heavy atom. The number of hydrogen-bond donors (Lipinski definition) is 2. The Balaban J connectivity index is 1.62. The van der Waals surface area contributed by atoms with Crippen molar-refractivity contribution in [1.82, 2.24) is 10.3 Å². The molecule has 0 radical (unpaired) electrons. The summed E-state index contributed by atoms with van der Waals surface area (Å²) in [6.45, 7) is 4.19. The molecule has 0 saturated heterocycles. The lowest BCUT2D eigenvalue weighted by molar-refractivity contribution is 0.0954. The van der Waals surface area contributed by atoms with E-state index in [0.29, 0.717) is 23.2 Å². The summed E-state index contributed by atoms with van der Waals surface area (Å²) in [5, 5.41) is 5.54. The van der Waals surface area contributed by atoms with Crippen LogP contribution in [0.15, 0.2) is 60.8 Å². The molecule has 29 heavy (non-hydrogen) atoms. The Labute approximate surface area is 169 Å². The molecule has 148 valence electrons. The van der Waals surface area contributed by atoms with Gasteiger partial charge in [-0.3, -0.25) is 14.6 Å². The number of carbonyl (C=O) groups is 2. The van der Waals surface area contributed by atoms with E-state index in [2.05, 4.69) is 15.6 Å². The van der Waals surface area contributed by atoms with Crippen molar-refractivity contribution in [3.05, 3.63) is 94.6 Å². The van der Waals surface area contributed by atoms with E-state index in [4.69, 9.17) is 0 Å². The maximum atomic E-state index is 13.6. The zero-order valence-corrected chi connectivity index (χ0v) is 16.3. The first kappa shape index (κ1) is 20.2. The van der Waals surface area contributed by atoms with Crippen LogP contribution in [0.25, 0.3) is 0 Å². The highest BCUT2D eigenvalue weighted by molar-refractivity contribution is 6.04. The zero-order chi connectivity index (χ0) is 20.8. The van der Waals surface area contributed by atoms with Crippen LogP contribution in [0, 0.1) is 19.7 Å². The standard InChI is InChI=1S/C23H22FN3O2/c1-15-11-16(2)13-19(12-15)27-23(29)21-14-18(8-9-25-21)22(28)26-10-7-17-5-3-4-6-20(17)24/h3-6,8-9,11-14H,7,10H2,1-2H3,(H,26,28)(H,27,29). The average molecular weight is 391 g/mol. The number of aromatic nitrogens is 1. The topological polar surface area (TPSA) is 71.1 Å². The Morgan fingerprint density at radius 3 is 2.41 bits per heavy atom. The Hall–Kier alpha value is -3.54. The number of hydrogen-bond acceptors (Lipinski definition) is 3. The second-order valence-corrected chi connectivity index (χ2v) is 6.86. The Bertz CT molecular complexity index is 1030. The van der Waals surface area contributed by atoms with Gasteiger partial charge in [-0.25, -0.2) is 4.39 Å². The minimum atomic E-state index is -0.393. The number of anilines is 1. The minimum absolute atomic E-state index is 0.144. The van der Waals surface area contributed by atoms with Gasteiger partial charge in [-0.15, -0.1) is 0 Å². The van der Waals surface area contributed by atoms with Crippen LogP contribution in [0.3, 0.4) is 0 Å². The summed E-state index contributed by atoms with van der Waals surface area (Å²) in [5.74, 6) is -1.03. The summed E-state index contributed by atoms with van der Waals surface area (Å²) in [6.07, 6.45) is 1.80. The predicted molar refractivity (Wildman–Crippen MR) is 111 cm³/mol. The lowest BCUT2D eigenvalue weighted by Gasteiger charge is -2.09. The molecule has 2 N–H and O–H groups in total. The van der Waals surface area contributed by atoms with E-state index < -0.39 is 5.91 Å². The molecular formula is C23H22FN3O2. The van der Waals surface area contributed by atoms with Crippen molar-refractivity contribution in [2.24, 2.45) is 0 Å². The van der Waals surface area contributed by atoms with Crippen molar-refractivity contribution in [2.45, 2.75) is 20.3 Å². The molecule has 0 fully saturated rings. The van der Waals surface area contributed by atoms with Crippen molar-refractivity contribution < 1.29 is 14.0 Å². The van der Waals surface area contributed by atoms with E-state index in [0.717, 1.165) is 11.1 Å². The minimum Gasteiger partial charge on any atom is -0.352 e. The number of benzene rings is 2. The molecule has 6 heteroatoms. The number of halogens is 1. The first-order valence-corrected chi connectivity index (χ1v) is 9.29. The van der Waals surface area contributed by atoms with Gasteiger partial charge in [0.1, 0.15) is 11.5 Å². The van der Waals surface area contributed by atoms with E-state index in [9.17, 15) is 14.0 Å². The van der Waals surface area contributed by atoms with E-state index in [-0.39, 0.29) is 24.0 Å². The molecule has 3 aromatic rings. The maximum absolute atomic E-state index is 13.6. The van der Waals surface area contributed by atoms with E-state index in [1.807, 2.05) is 32.0 Å². The average Bonchev–Trinajstić information content (AvgIpc) is 2.68. The fourth-order valence-electron chi connectivity index (χ4n) is 3.05. The predicted octanol–water partition coefficient (Wildman–Crippen LogP) is 4.06. The van der Waals surface area contributed by atoms with Gasteiger partial charge in [-0.2, -0.15) is 0 Å². The first-order valence-electron chi connectivity index (χ1n) is 9.29. The maximum Gasteiger partial charge on any atom is 0.274 e. The van der Waals surface area contributed by atoms with Gasteiger partial charge in [0, 0.05) is 24.0 Å². The van der Waals surface area contributed by atoms with E-state index >= 15 is 0 Å². The van der Waals surface area contributed by atoms with Gasteiger partial charge in [0.15, 0.2) is 0 Å². The quantitative estimate of drug-likeness (QED) is 0.666. The Kier molecular flexibility index (Phi) is 6.34. The number of nitrogens with zero attached hydrogens (tertiary/aromatic N) is 1. The smallest absolute Gasteiger partial charge is 0.274 e. The second-order valence-electron chi connectivity index (χ2n) is 6.86. The van der Waals surface area contributed by atoms with Crippen molar-refractivity contribution in [3.63, 3.8) is 0 Å². The number of amides is 2. The molecule has 0 aliphatic carbocycles. The third-order valence-corrected chi connectivity index (χ3v) is 4.37. The van der Waals surface area contributed by atoms with Gasteiger partial charge in [0.05, 0.1) is 0 Å². The number of nitrogens with one attached hydrogen (secondary N) is 2. The van der Waals surface area contributed by atoms with Gasteiger partial charge in [0.25, 0.3) is 11.8 Å². The van der Waals surface area contributed by atoms with E-state index in [1.165, 1.54) is 24.4 Å². The lowest BCUT2D eigenvalue weighted by Crippen LogP contribution is -2.26. The summed E-state index contributed by atoms with van der Waals surface area (Å²) in [4.78, 5) is 28.9. The molecule has 0 saturated carbocycles. The van der Waals surface area contributed by atoms with Crippen molar-refractivity contribution in [1.29, 1.82) is 0 Å². The molecule has 0 unspecified atom stereocenters. The van der Waals surface area contributed by atoms with Gasteiger partial charge >= 0.3 is 0 Å². The van der Waals surface area contributed by atoms with Gasteiger partial charge in [0.2, 0.25) is 0 Å². The fraction of sp³-hybridized carbons (Fsp3) is 0.174. The van der Waals surface area contributed by atoms with Crippen LogP contribution in [0.4, 0.5) is 10.1 Å². The summed E-state index contributed by atoms with van der Waals surface area (Å²) in [5.41, 5.74) is 3.75. The molecule has 5 nitrogen and oxygen atoms in total. The number of aryl methyl sites for hydroxylation is 2. The van der Waals surface area contributed by atoms with Gasteiger partial charge in [-0.1, -0.05) is 24.3 Å². The normalized spacial score (nSPS) is 10.4. The van der Waals surface area contributed by atoms with Crippen LogP contribution >= 0.6 is 0 Å². The molecule has 1 heterocycles. The number of pyridine rings is 1. The van der Waals surface area contributed by atoms with Crippen LogP contribution in [-0.2, 0) is 6.42 Å². The highest BCUT2D eigenvalue weighted by atomic mass is 19.1. The third kappa shape index (κ3) is 5.48. The number of rotatable bonds is 6. The van der Waals surface area contributed by atoms with Crippen LogP contribution in [-0.4, -0.2) is 23.3 Å².